The molecule has 0 amide bonds. The summed E-state index contributed by atoms with van der Waals surface area (Å²) in [6.07, 6.45) is 3.23. The fraction of sp³-hybridized carbons (Fsp3) is 0.208. The van der Waals surface area contributed by atoms with E-state index in [9.17, 15) is 14.7 Å². The van der Waals surface area contributed by atoms with E-state index in [-0.39, 0.29) is 17.9 Å². The molecule has 3 heterocycles. The molecule has 1 aromatic carbocycles. The minimum absolute atomic E-state index is 0.0338. The lowest BCUT2D eigenvalue weighted by Crippen LogP contribution is -2.39. The molecule has 0 saturated carbocycles. The highest BCUT2D eigenvalue weighted by Crippen LogP contribution is 2.33. The Morgan fingerprint density at radius 1 is 1.36 bits per heavy atom. The molecule has 170 valence electrons. The van der Waals surface area contributed by atoms with Crippen LogP contribution in [-0.4, -0.2) is 28.9 Å². The third kappa shape index (κ3) is 4.42. The van der Waals surface area contributed by atoms with Crippen molar-refractivity contribution >= 4 is 34.7 Å². The lowest BCUT2D eigenvalue weighted by molar-refractivity contribution is -0.138. The Bertz CT molecular complexity index is 1410. The zero-order chi connectivity index (χ0) is 23.5. The van der Waals surface area contributed by atoms with Crippen molar-refractivity contribution < 1.29 is 19.4 Å². The number of phenolic OH excluding ortho intramolecular Hbond substituents is 1. The summed E-state index contributed by atoms with van der Waals surface area (Å²) in [5, 5.41) is 11.9. The highest BCUT2D eigenvalue weighted by molar-refractivity contribution is 7.10. The van der Waals surface area contributed by atoms with Crippen molar-refractivity contribution in [3.05, 3.63) is 89.8 Å². The molecule has 0 bridgehead atoms. The number of ether oxygens (including phenoxy) is 2. The van der Waals surface area contributed by atoms with Crippen molar-refractivity contribution in [2.45, 2.75) is 19.9 Å². The van der Waals surface area contributed by atoms with Crippen LogP contribution < -0.4 is 19.6 Å². The summed E-state index contributed by atoms with van der Waals surface area (Å²) in [5.41, 5.74) is 1.29. The van der Waals surface area contributed by atoms with Crippen molar-refractivity contribution in [3.63, 3.8) is 0 Å². The van der Waals surface area contributed by atoms with E-state index in [1.54, 1.807) is 29.7 Å². The Kier molecular flexibility index (Phi) is 6.62. The van der Waals surface area contributed by atoms with Gasteiger partial charge in [-0.15, -0.1) is 11.3 Å². The number of hydrogen-bond donors (Lipinski definition) is 1. The Balaban J connectivity index is 1.87. The first-order chi connectivity index (χ1) is 15.9. The predicted octanol–water partition coefficient (Wildman–Crippen LogP) is 3.13. The Hall–Kier alpha value is -3.43. The maximum Gasteiger partial charge on any atom is 0.338 e. The van der Waals surface area contributed by atoms with Crippen molar-refractivity contribution in [2.75, 3.05) is 13.2 Å². The molecule has 2 aromatic heterocycles. The number of nitrogens with zero attached hydrogens (tertiary/aromatic N) is 2. The number of benzene rings is 1. The van der Waals surface area contributed by atoms with Gasteiger partial charge in [-0.25, -0.2) is 9.79 Å². The van der Waals surface area contributed by atoms with Gasteiger partial charge in [-0.2, -0.15) is 0 Å². The molecule has 7 nitrogen and oxygen atoms in total. The van der Waals surface area contributed by atoms with Gasteiger partial charge in [0.2, 0.25) is 0 Å². The molecule has 1 aliphatic rings. The van der Waals surface area contributed by atoms with Crippen molar-refractivity contribution in [2.24, 2.45) is 4.99 Å². The number of aromatic nitrogens is 1. The molecule has 33 heavy (non-hydrogen) atoms. The van der Waals surface area contributed by atoms with Gasteiger partial charge in [0.05, 0.1) is 22.4 Å². The first-order valence-corrected chi connectivity index (χ1v) is 11.9. The largest absolute Gasteiger partial charge is 0.504 e. The number of carbonyl (C=O) groups is 1. The maximum atomic E-state index is 13.5. The van der Waals surface area contributed by atoms with Crippen LogP contribution in [0.1, 0.15) is 30.3 Å². The van der Waals surface area contributed by atoms with E-state index in [2.05, 4.69) is 11.6 Å². The van der Waals surface area contributed by atoms with Gasteiger partial charge in [-0.3, -0.25) is 9.36 Å². The molecule has 0 aliphatic carbocycles. The number of esters is 1. The molecule has 9 heteroatoms. The Labute approximate surface area is 197 Å². The standard InChI is InChI=1S/C24H22N2O5S2/c1-4-10-31-23(29)20-14(3)25-24-26(21(20)18-7-6-11-32-18)22(28)19(33-24)13-15-8-9-16(27)17(12-15)30-5-2/h4,6-9,11-13,21,27H,1,5,10H2,2-3H3. The van der Waals surface area contributed by atoms with Crippen LogP contribution in [-0.2, 0) is 9.53 Å². The van der Waals surface area contributed by atoms with E-state index < -0.39 is 12.0 Å². The van der Waals surface area contributed by atoms with Gasteiger partial charge in [-0.1, -0.05) is 36.1 Å². The first kappa shape index (κ1) is 22.8. The van der Waals surface area contributed by atoms with Crippen LogP contribution in [0.3, 0.4) is 0 Å². The molecule has 1 N–H and O–H groups in total. The summed E-state index contributed by atoms with van der Waals surface area (Å²) < 4.78 is 12.8. The maximum absolute atomic E-state index is 13.5. The van der Waals surface area contributed by atoms with Crippen LogP contribution in [0.4, 0.5) is 0 Å². The number of carbonyl (C=O) groups excluding carboxylic acids is 1. The molecule has 0 fully saturated rings. The number of aromatic hydroxyl groups is 1. The number of thiazole rings is 1. The molecule has 0 saturated heterocycles. The molecule has 1 atom stereocenters. The van der Waals surface area contributed by atoms with E-state index in [4.69, 9.17) is 9.47 Å². The normalized spacial score (nSPS) is 15.7. The fourth-order valence-corrected chi connectivity index (χ4v) is 5.42. The first-order valence-electron chi connectivity index (χ1n) is 10.2. The van der Waals surface area contributed by atoms with E-state index in [0.717, 1.165) is 4.88 Å². The number of fused-ring (bicyclic) bond motifs is 1. The van der Waals surface area contributed by atoms with E-state index >= 15 is 0 Å². The van der Waals surface area contributed by atoms with Crippen LogP contribution in [0.25, 0.3) is 6.08 Å². The van der Waals surface area contributed by atoms with Crippen LogP contribution >= 0.6 is 22.7 Å². The Morgan fingerprint density at radius 2 is 2.18 bits per heavy atom. The second-order valence-corrected chi connectivity index (χ2v) is 9.13. The predicted molar refractivity (Wildman–Crippen MR) is 129 cm³/mol. The number of allylic oxidation sites excluding steroid dienone is 1. The molecular weight excluding hydrogens is 460 g/mol. The average Bonchev–Trinajstić information content (AvgIpc) is 3.42. The van der Waals surface area contributed by atoms with Crippen molar-refractivity contribution in [1.29, 1.82) is 0 Å². The lowest BCUT2D eigenvalue weighted by Gasteiger charge is -2.23. The summed E-state index contributed by atoms with van der Waals surface area (Å²) in [7, 11) is 0. The third-order valence-corrected chi connectivity index (χ3v) is 6.88. The van der Waals surface area contributed by atoms with E-state index in [0.29, 0.717) is 38.5 Å². The molecule has 1 unspecified atom stereocenters. The fourth-order valence-electron chi connectivity index (χ4n) is 3.55. The van der Waals surface area contributed by atoms with Crippen molar-refractivity contribution in [1.82, 2.24) is 4.57 Å². The van der Waals surface area contributed by atoms with E-state index in [1.807, 2.05) is 24.4 Å². The van der Waals surface area contributed by atoms with Crippen LogP contribution in [0.15, 0.2) is 69.4 Å². The van der Waals surface area contributed by atoms with Gasteiger partial charge in [0.25, 0.3) is 5.56 Å². The number of rotatable bonds is 7. The zero-order valence-corrected chi connectivity index (χ0v) is 19.7. The molecule has 1 aliphatic heterocycles. The number of thiophene rings is 1. The van der Waals surface area contributed by atoms with Crippen LogP contribution in [0.5, 0.6) is 11.5 Å². The number of hydrogen-bond acceptors (Lipinski definition) is 8. The Morgan fingerprint density at radius 3 is 2.88 bits per heavy atom. The van der Waals surface area contributed by atoms with Crippen LogP contribution in [0.2, 0.25) is 0 Å². The van der Waals surface area contributed by atoms with Gasteiger partial charge in [-0.05, 0) is 49.1 Å². The van der Waals surface area contributed by atoms with Gasteiger partial charge >= 0.3 is 5.97 Å². The summed E-state index contributed by atoms with van der Waals surface area (Å²) in [4.78, 5) is 32.3. The molecule has 0 radical (unpaired) electrons. The highest BCUT2D eigenvalue weighted by Gasteiger charge is 2.33. The second-order valence-electron chi connectivity index (χ2n) is 7.14. The lowest BCUT2D eigenvalue weighted by atomic mass is 10.0. The van der Waals surface area contributed by atoms with Gasteiger partial charge in [0.15, 0.2) is 16.3 Å². The SMILES string of the molecule is C=CCOC(=O)C1=C(C)N=c2sc(=Cc3ccc(O)c(OCC)c3)c(=O)n2C1c1cccs1. The summed E-state index contributed by atoms with van der Waals surface area (Å²) in [6, 6.07) is 8.05. The zero-order valence-electron chi connectivity index (χ0n) is 18.1. The monoisotopic (exact) mass is 482 g/mol. The average molecular weight is 483 g/mol. The van der Waals surface area contributed by atoms with Crippen LogP contribution in [0, 0.1) is 0 Å². The molecule has 3 aromatic rings. The van der Waals surface area contributed by atoms with Crippen molar-refractivity contribution in [3.8, 4) is 11.5 Å². The highest BCUT2D eigenvalue weighted by atomic mass is 32.1. The quantitative estimate of drug-likeness (QED) is 0.413. The summed E-state index contributed by atoms with van der Waals surface area (Å²) >= 11 is 2.70. The smallest absolute Gasteiger partial charge is 0.338 e. The minimum Gasteiger partial charge on any atom is -0.504 e. The summed E-state index contributed by atoms with van der Waals surface area (Å²) in [5.74, 6) is -0.145. The molecule has 4 rings (SSSR count). The molecular formula is C24H22N2O5S2. The van der Waals surface area contributed by atoms with Gasteiger partial charge in [0, 0.05) is 4.88 Å². The van der Waals surface area contributed by atoms with Gasteiger partial charge in [0.1, 0.15) is 12.6 Å². The topological polar surface area (TPSA) is 90.1 Å². The number of phenols is 1. The summed E-state index contributed by atoms with van der Waals surface area (Å²) in [6.45, 7) is 7.64. The second kappa shape index (κ2) is 9.60. The molecule has 0 spiro atoms. The van der Waals surface area contributed by atoms with Gasteiger partial charge < -0.3 is 14.6 Å². The minimum atomic E-state index is -0.625. The van der Waals surface area contributed by atoms with E-state index in [1.165, 1.54) is 34.8 Å². The third-order valence-electron chi connectivity index (χ3n) is 4.97.